The van der Waals surface area contributed by atoms with Gasteiger partial charge in [-0.15, -0.1) is 0 Å². The third kappa shape index (κ3) is 3.40. The zero-order valence-electron chi connectivity index (χ0n) is 13.7. The Morgan fingerprint density at radius 3 is 2.57 bits per heavy atom. The SMILES string of the molecule is CCN1CCC(N(C)C(=O)c2cc(N)cn2C(C)C)CC1. The number of anilines is 1. The number of hydrogen-bond acceptors (Lipinski definition) is 3. The molecule has 1 fully saturated rings. The molecule has 118 valence electrons. The van der Waals surface area contributed by atoms with Crippen molar-refractivity contribution in [1.29, 1.82) is 0 Å². The number of piperidine rings is 1. The van der Waals surface area contributed by atoms with Crippen molar-refractivity contribution >= 4 is 11.6 Å². The molecule has 0 atom stereocenters. The van der Waals surface area contributed by atoms with Crippen molar-refractivity contribution in [3.8, 4) is 0 Å². The molecule has 1 aliphatic rings. The van der Waals surface area contributed by atoms with E-state index in [4.69, 9.17) is 5.73 Å². The fourth-order valence-electron chi connectivity index (χ4n) is 3.07. The van der Waals surface area contributed by atoms with Crippen LogP contribution in [0.1, 0.15) is 50.1 Å². The van der Waals surface area contributed by atoms with Gasteiger partial charge in [-0.1, -0.05) is 6.92 Å². The predicted molar refractivity (Wildman–Crippen MR) is 86.5 cm³/mol. The van der Waals surface area contributed by atoms with E-state index in [1.165, 1.54) is 0 Å². The standard InChI is InChI=1S/C16H28N4O/c1-5-19-8-6-14(7-9-19)18(4)16(21)15-10-13(17)11-20(15)12(2)3/h10-12,14H,5-9,17H2,1-4H3. The van der Waals surface area contributed by atoms with Gasteiger partial charge in [0.15, 0.2) is 0 Å². The molecule has 2 heterocycles. The normalized spacial score (nSPS) is 17.4. The Hall–Kier alpha value is -1.49. The number of nitrogens with two attached hydrogens (primary N) is 1. The van der Waals surface area contributed by atoms with E-state index in [1.54, 1.807) is 6.07 Å². The lowest BCUT2D eigenvalue weighted by atomic mass is 10.0. The number of amides is 1. The first-order valence-corrected chi connectivity index (χ1v) is 7.90. The number of nitrogen functional groups attached to an aromatic ring is 1. The van der Waals surface area contributed by atoms with Crippen LogP contribution in [0.3, 0.4) is 0 Å². The Labute approximate surface area is 127 Å². The van der Waals surface area contributed by atoms with Gasteiger partial charge >= 0.3 is 0 Å². The molecular weight excluding hydrogens is 264 g/mol. The summed E-state index contributed by atoms with van der Waals surface area (Å²) < 4.78 is 1.97. The molecule has 5 heteroatoms. The van der Waals surface area contributed by atoms with Crippen LogP contribution in [0.25, 0.3) is 0 Å². The lowest BCUT2D eigenvalue weighted by Crippen LogP contribution is -2.45. The molecule has 2 N–H and O–H groups in total. The van der Waals surface area contributed by atoms with Gasteiger partial charge in [-0.25, -0.2) is 0 Å². The number of rotatable bonds is 4. The van der Waals surface area contributed by atoms with E-state index in [-0.39, 0.29) is 11.9 Å². The monoisotopic (exact) mass is 292 g/mol. The Bertz CT molecular complexity index is 486. The van der Waals surface area contributed by atoms with E-state index >= 15 is 0 Å². The lowest BCUT2D eigenvalue weighted by molar-refractivity contribution is 0.0635. The summed E-state index contributed by atoms with van der Waals surface area (Å²) in [5.74, 6) is 0.0790. The highest BCUT2D eigenvalue weighted by atomic mass is 16.2. The molecule has 0 bridgehead atoms. The maximum Gasteiger partial charge on any atom is 0.270 e. The number of carbonyl (C=O) groups excluding carboxylic acids is 1. The van der Waals surface area contributed by atoms with Crippen LogP contribution < -0.4 is 5.73 Å². The number of carbonyl (C=O) groups is 1. The predicted octanol–water partition coefficient (Wildman–Crippen LogP) is 2.21. The molecule has 21 heavy (non-hydrogen) atoms. The highest BCUT2D eigenvalue weighted by Crippen LogP contribution is 2.21. The Balaban J connectivity index is 2.09. The minimum Gasteiger partial charge on any atom is -0.397 e. The first kappa shape index (κ1) is 15.9. The Morgan fingerprint density at radius 2 is 2.05 bits per heavy atom. The second kappa shape index (κ2) is 6.52. The van der Waals surface area contributed by atoms with Gasteiger partial charge in [0.2, 0.25) is 0 Å². The van der Waals surface area contributed by atoms with Crippen molar-refractivity contribution in [2.75, 3.05) is 32.4 Å². The van der Waals surface area contributed by atoms with Crippen molar-refractivity contribution < 1.29 is 4.79 Å². The van der Waals surface area contributed by atoms with E-state index in [9.17, 15) is 4.79 Å². The van der Waals surface area contributed by atoms with Crippen LogP contribution >= 0.6 is 0 Å². The second-order valence-electron chi connectivity index (χ2n) is 6.24. The molecule has 0 unspecified atom stereocenters. The molecule has 5 nitrogen and oxygen atoms in total. The minimum atomic E-state index is 0.0790. The average molecular weight is 292 g/mol. The van der Waals surface area contributed by atoms with Gasteiger partial charge in [0.05, 0.1) is 5.69 Å². The van der Waals surface area contributed by atoms with Crippen LogP contribution in [-0.2, 0) is 0 Å². The Kier molecular flexibility index (Phi) is 4.93. The third-order valence-corrected chi connectivity index (χ3v) is 4.52. The van der Waals surface area contributed by atoms with Crippen molar-refractivity contribution in [2.24, 2.45) is 0 Å². The summed E-state index contributed by atoms with van der Waals surface area (Å²) in [6, 6.07) is 2.36. The average Bonchev–Trinajstić information content (AvgIpc) is 2.88. The molecule has 0 saturated carbocycles. The maximum atomic E-state index is 12.8. The number of aromatic nitrogens is 1. The van der Waals surface area contributed by atoms with Crippen LogP contribution in [0.2, 0.25) is 0 Å². The molecule has 1 aliphatic heterocycles. The van der Waals surface area contributed by atoms with Gasteiger partial charge in [-0.3, -0.25) is 4.79 Å². The van der Waals surface area contributed by atoms with Crippen LogP contribution in [0.5, 0.6) is 0 Å². The summed E-state index contributed by atoms with van der Waals surface area (Å²) in [7, 11) is 1.92. The van der Waals surface area contributed by atoms with E-state index in [2.05, 4.69) is 25.7 Å². The van der Waals surface area contributed by atoms with Crippen molar-refractivity contribution in [3.05, 3.63) is 18.0 Å². The van der Waals surface area contributed by atoms with E-state index in [0.717, 1.165) is 32.5 Å². The number of likely N-dealkylation sites (tertiary alicyclic amines) is 1. The summed E-state index contributed by atoms with van der Waals surface area (Å²) in [6.45, 7) is 9.56. The molecule has 0 spiro atoms. The van der Waals surface area contributed by atoms with Crippen molar-refractivity contribution in [1.82, 2.24) is 14.4 Å². The van der Waals surface area contributed by atoms with Gasteiger partial charge in [0.25, 0.3) is 5.91 Å². The van der Waals surface area contributed by atoms with Crippen LogP contribution in [0.15, 0.2) is 12.3 Å². The third-order valence-electron chi connectivity index (χ3n) is 4.52. The lowest BCUT2D eigenvalue weighted by Gasteiger charge is -2.36. The highest BCUT2D eigenvalue weighted by molar-refractivity contribution is 5.94. The zero-order valence-corrected chi connectivity index (χ0v) is 13.7. The molecule has 2 rings (SSSR count). The van der Waals surface area contributed by atoms with E-state index < -0.39 is 0 Å². The number of hydrogen-bond donors (Lipinski definition) is 1. The molecule has 0 aromatic carbocycles. The summed E-state index contributed by atoms with van der Waals surface area (Å²) in [4.78, 5) is 17.1. The molecule has 0 aliphatic carbocycles. The summed E-state index contributed by atoms with van der Waals surface area (Å²) in [5.41, 5.74) is 7.22. The highest BCUT2D eigenvalue weighted by Gasteiger charge is 2.27. The van der Waals surface area contributed by atoms with Crippen molar-refractivity contribution in [2.45, 2.75) is 45.7 Å². The minimum absolute atomic E-state index is 0.0790. The van der Waals surface area contributed by atoms with E-state index in [0.29, 0.717) is 17.4 Å². The largest absolute Gasteiger partial charge is 0.397 e. The topological polar surface area (TPSA) is 54.5 Å². The molecular formula is C16H28N4O. The second-order valence-corrected chi connectivity index (χ2v) is 6.24. The first-order chi connectivity index (χ1) is 9.93. The van der Waals surface area contributed by atoms with Crippen molar-refractivity contribution in [3.63, 3.8) is 0 Å². The first-order valence-electron chi connectivity index (χ1n) is 7.90. The summed E-state index contributed by atoms with van der Waals surface area (Å²) in [5, 5.41) is 0. The van der Waals surface area contributed by atoms with Gasteiger partial charge in [-0.2, -0.15) is 0 Å². The fourth-order valence-corrected chi connectivity index (χ4v) is 3.07. The van der Waals surface area contributed by atoms with E-state index in [1.807, 2.05) is 22.7 Å². The molecule has 0 radical (unpaired) electrons. The molecule has 1 amide bonds. The summed E-state index contributed by atoms with van der Waals surface area (Å²) >= 11 is 0. The molecule has 1 aromatic rings. The molecule has 1 saturated heterocycles. The smallest absolute Gasteiger partial charge is 0.270 e. The van der Waals surface area contributed by atoms with Gasteiger partial charge in [-0.05, 0) is 39.3 Å². The van der Waals surface area contributed by atoms with Gasteiger partial charge < -0.3 is 20.1 Å². The van der Waals surface area contributed by atoms with Crippen LogP contribution in [-0.4, -0.2) is 53.0 Å². The quantitative estimate of drug-likeness (QED) is 0.925. The van der Waals surface area contributed by atoms with Gasteiger partial charge in [0, 0.05) is 38.4 Å². The fraction of sp³-hybridized carbons (Fsp3) is 0.688. The van der Waals surface area contributed by atoms with Gasteiger partial charge in [0.1, 0.15) is 5.69 Å². The molecule has 1 aromatic heterocycles. The maximum absolute atomic E-state index is 12.8. The zero-order chi connectivity index (χ0) is 15.6. The Morgan fingerprint density at radius 1 is 1.43 bits per heavy atom. The van der Waals surface area contributed by atoms with Crippen LogP contribution in [0.4, 0.5) is 5.69 Å². The number of nitrogens with zero attached hydrogens (tertiary/aromatic N) is 3. The van der Waals surface area contributed by atoms with Crippen LogP contribution in [0, 0.1) is 0 Å². The summed E-state index contributed by atoms with van der Waals surface area (Å²) in [6.07, 6.45) is 3.95.